The summed E-state index contributed by atoms with van der Waals surface area (Å²) in [5.74, 6) is -0.746. The van der Waals surface area contributed by atoms with Crippen molar-refractivity contribution in [2.75, 3.05) is 6.61 Å². The first kappa shape index (κ1) is 18.1. The molecular formula is C21H18BrNO3. The summed E-state index contributed by atoms with van der Waals surface area (Å²) in [5.41, 5.74) is 4.15. The summed E-state index contributed by atoms with van der Waals surface area (Å²) < 4.78 is 8.14. The van der Waals surface area contributed by atoms with Gasteiger partial charge in [-0.2, -0.15) is 0 Å². The zero-order valence-electron chi connectivity index (χ0n) is 14.5. The van der Waals surface area contributed by atoms with E-state index < -0.39 is 5.97 Å². The highest BCUT2D eigenvalue weighted by Crippen LogP contribution is 2.17. The highest BCUT2D eigenvalue weighted by Gasteiger charge is 2.12. The minimum Gasteiger partial charge on any atom is -0.454 e. The molecule has 0 spiro atoms. The van der Waals surface area contributed by atoms with E-state index in [2.05, 4.69) is 20.5 Å². The Balaban J connectivity index is 1.65. The van der Waals surface area contributed by atoms with E-state index in [0.29, 0.717) is 11.1 Å². The van der Waals surface area contributed by atoms with Crippen LogP contribution in [-0.4, -0.2) is 22.9 Å². The molecule has 1 heterocycles. The molecule has 0 radical (unpaired) electrons. The summed E-state index contributed by atoms with van der Waals surface area (Å²) in [7, 11) is 0. The smallest absolute Gasteiger partial charge is 0.338 e. The summed E-state index contributed by atoms with van der Waals surface area (Å²) in [6.45, 7) is 3.78. The van der Waals surface area contributed by atoms with Crippen LogP contribution in [0.2, 0.25) is 0 Å². The predicted molar refractivity (Wildman–Crippen MR) is 104 cm³/mol. The molecule has 0 aliphatic heterocycles. The van der Waals surface area contributed by atoms with Crippen LogP contribution in [0.1, 0.15) is 32.1 Å². The van der Waals surface area contributed by atoms with Crippen molar-refractivity contribution in [2.45, 2.75) is 13.8 Å². The van der Waals surface area contributed by atoms with Gasteiger partial charge in [-0.1, -0.05) is 28.1 Å². The minimum atomic E-state index is -0.511. The van der Waals surface area contributed by atoms with Crippen molar-refractivity contribution in [3.8, 4) is 5.69 Å². The first-order chi connectivity index (χ1) is 12.5. The third-order valence-corrected chi connectivity index (χ3v) is 4.66. The summed E-state index contributed by atoms with van der Waals surface area (Å²) in [6.07, 6.45) is 0. The lowest BCUT2D eigenvalue weighted by atomic mass is 10.1. The normalized spacial score (nSPS) is 10.6. The largest absolute Gasteiger partial charge is 0.454 e. The Labute approximate surface area is 160 Å². The fourth-order valence-electron chi connectivity index (χ4n) is 2.76. The average molecular weight is 412 g/mol. The van der Waals surface area contributed by atoms with E-state index in [9.17, 15) is 9.59 Å². The summed E-state index contributed by atoms with van der Waals surface area (Å²) in [5, 5.41) is 0. The maximum Gasteiger partial charge on any atom is 0.338 e. The number of hydrogen-bond acceptors (Lipinski definition) is 3. The number of ketones is 1. The first-order valence-corrected chi connectivity index (χ1v) is 8.96. The molecular weight excluding hydrogens is 394 g/mol. The molecule has 5 heteroatoms. The number of rotatable bonds is 5. The van der Waals surface area contributed by atoms with Crippen molar-refractivity contribution in [3.05, 3.63) is 87.7 Å². The molecule has 0 saturated carbocycles. The van der Waals surface area contributed by atoms with E-state index in [0.717, 1.165) is 21.5 Å². The maximum atomic E-state index is 12.2. The fraction of sp³-hybridized carbons (Fsp3) is 0.143. The molecule has 0 fully saturated rings. The van der Waals surface area contributed by atoms with Gasteiger partial charge in [0.25, 0.3) is 0 Å². The van der Waals surface area contributed by atoms with Gasteiger partial charge in [0.2, 0.25) is 0 Å². The van der Waals surface area contributed by atoms with Crippen molar-refractivity contribution in [1.82, 2.24) is 4.57 Å². The number of carbonyl (C=O) groups is 2. The Morgan fingerprint density at radius 3 is 1.96 bits per heavy atom. The number of esters is 1. The topological polar surface area (TPSA) is 48.3 Å². The second-order valence-electron chi connectivity index (χ2n) is 6.00. The quantitative estimate of drug-likeness (QED) is 0.443. The van der Waals surface area contributed by atoms with Gasteiger partial charge in [0.1, 0.15) is 0 Å². The van der Waals surface area contributed by atoms with Crippen molar-refractivity contribution in [3.63, 3.8) is 0 Å². The van der Waals surface area contributed by atoms with E-state index in [1.165, 1.54) is 0 Å². The molecule has 3 rings (SSSR count). The lowest BCUT2D eigenvalue weighted by Gasteiger charge is -2.10. The molecule has 0 unspecified atom stereocenters. The number of ether oxygens (including phenoxy) is 1. The highest BCUT2D eigenvalue weighted by atomic mass is 79.9. The van der Waals surface area contributed by atoms with Gasteiger partial charge < -0.3 is 9.30 Å². The highest BCUT2D eigenvalue weighted by molar-refractivity contribution is 9.10. The Morgan fingerprint density at radius 1 is 0.846 bits per heavy atom. The number of carbonyl (C=O) groups excluding carboxylic acids is 2. The van der Waals surface area contributed by atoms with Crippen LogP contribution in [0.5, 0.6) is 0 Å². The molecule has 0 aliphatic carbocycles. The van der Waals surface area contributed by atoms with Crippen LogP contribution in [0.3, 0.4) is 0 Å². The molecule has 0 bridgehead atoms. The summed E-state index contributed by atoms with van der Waals surface area (Å²) in [4.78, 5) is 24.3. The van der Waals surface area contributed by atoms with Gasteiger partial charge >= 0.3 is 5.97 Å². The SMILES string of the molecule is Cc1ccc(C)n1-c1ccc(C(=O)OCC(=O)c2ccc(Br)cc2)cc1. The molecule has 4 nitrogen and oxygen atoms in total. The lowest BCUT2D eigenvalue weighted by Crippen LogP contribution is -2.14. The van der Waals surface area contributed by atoms with Gasteiger partial charge in [0, 0.05) is 27.1 Å². The monoisotopic (exact) mass is 411 g/mol. The van der Waals surface area contributed by atoms with Crippen molar-refractivity contribution >= 4 is 27.7 Å². The number of hydrogen-bond donors (Lipinski definition) is 0. The van der Waals surface area contributed by atoms with E-state index in [-0.39, 0.29) is 12.4 Å². The van der Waals surface area contributed by atoms with Crippen LogP contribution in [0, 0.1) is 13.8 Å². The van der Waals surface area contributed by atoms with Gasteiger partial charge in [-0.25, -0.2) is 4.79 Å². The minimum absolute atomic E-state index is 0.235. The Kier molecular flexibility index (Phi) is 5.38. The molecule has 1 aromatic heterocycles. The van der Waals surface area contributed by atoms with Gasteiger partial charge in [0.15, 0.2) is 12.4 Å². The number of aryl methyl sites for hydroxylation is 2. The summed E-state index contributed by atoms with van der Waals surface area (Å²) in [6, 6.07) is 18.2. The lowest BCUT2D eigenvalue weighted by molar-refractivity contribution is 0.0475. The van der Waals surface area contributed by atoms with Gasteiger partial charge in [0.05, 0.1) is 5.56 Å². The van der Waals surface area contributed by atoms with Crippen molar-refractivity contribution in [2.24, 2.45) is 0 Å². The second-order valence-corrected chi connectivity index (χ2v) is 6.92. The van der Waals surface area contributed by atoms with Crippen molar-refractivity contribution < 1.29 is 14.3 Å². The Bertz CT molecular complexity index is 921. The Hall–Kier alpha value is -2.66. The van der Waals surface area contributed by atoms with Crippen LogP contribution < -0.4 is 0 Å². The number of aromatic nitrogens is 1. The number of halogens is 1. The van der Waals surface area contributed by atoms with Crippen LogP contribution >= 0.6 is 15.9 Å². The molecule has 2 aromatic carbocycles. The molecule has 0 amide bonds. The number of nitrogens with zero attached hydrogens (tertiary/aromatic N) is 1. The molecule has 132 valence electrons. The third kappa shape index (κ3) is 3.94. The first-order valence-electron chi connectivity index (χ1n) is 8.17. The van der Waals surface area contributed by atoms with Gasteiger partial charge in [-0.3, -0.25) is 4.79 Å². The zero-order valence-corrected chi connectivity index (χ0v) is 16.1. The molecule has 3 aromatic rings. The summed E-state index contributed by atoms with van der Waals surface area (Å²) >= 11 is 3.32. The van der Waals surface area contributed by atoms with E-state index in [1.807, 2.05) is 38.1 Å². The van der Waals surface area contributed by atoms with Gasteiger partial charge in [-0.05, 0) is 62.4 Å². The van der Waals surface area contributed by atoms with Crippen molar-refractivity contribution in [1.29, 1.82) is 0 Å². The number of Topliss-reactive ketones (excluding diaryl/α,β-unsaturated/α-hetero) is 1. The Morgan fingerprint density at radius 2 is 1.38 bits per heavy atom. The third-order valence-electron chi connectivity index (χ3n) is 4.13. The predicted octanol–water partition coefficient (Wildman–Crippen LogP) is 4.90. The molecule has 0 aliphatic rings. The second kappa shape index (κ2) is 7.70. The van der Waals surface area contributed by atoms with Crippen LogP contribution in [0.4, 0.5) is 0 Å². The van der Waals surface area contributed by atoms with Crippen LogP contribution in [0.15, 0.2) is 65.1 Å². The average Bonchev–Trinajstić information content (AvgIpc) is 2.98. The standard InChI is InChI=1S/C21H18BrNO3/c1-14-3-4-15(2)23(14)19-11-7-17(8-12-19)21(25)26-13-20(24)16-5-9-18(22)10-6-16/h3-12H,13H2,1-2H3. The van der Waals surface area contributed by atoms with E-state index in [1.54, 1.807) is 36.4 Å². The fourth-order valence-corrected chi connectivity index (χ4v) is 3.02. The van der Waals surface area contributed by atoms with Crippen LogP contribution in [-0.2, 0) is 4.74 Å². The molecule has 0 saturated heterocycles. The van der Waals surface area contributed by atoms with E-state index in [4.69, 9.17) is 4.74 Å². The molecule has 0 N–H and O–H groups in total. The maximum absolute atomic E-state index is 12.2. The van der Waals surface area contributed by atoms with E-state index >= 15 is 0 Å². The van der Waals surface area contributed by atoms with Crippen LogP contribution in [0.25, 0.3) is 5.69 Å². The molecule has 26 heavy (non-hydrogen) atoms. The number of benzene rings is 2. The zero-order chi connectivity index (χ0) is 18.7. The van der Waals surface area contributed by atoms with Gasteiger partial charge in [-0.15, -0.1) is 0 Å². The molecule has 0 atom stereocenters.